The van der Waals surface area contributed by atoms with E-state index in [1.54, 1.807) is 0 Å². The second-order valence-corrected chi connectivity index (χ2v) is 5.86. The van der Waals surface area contributed by atoms with Crippen molar-refractivity contribution in [2.45, 2.75) is 19.8 Å². The topological polar surface area (TPSA) is 25.0 Å². The fourth-order valence-electron chi connectivity index (χ4n) is 3.25. The zero-order valence-electron chi connectivity index (χ0n) is 11.9. The zero-order chi connectivity index (χ0) is 14.4. The summed E-state index contributed by atoms with van der Waals surface area (Å²) in [5.74, 6) is 0.957. The quantitative estimate of drug-likeness (QED) is 0.708. The molecule has 0 fully saturated rings. The number of nitrogens with one attached hydrogen (secondary N) is 1. The molecule has 0 bridgehead atoms. The van der Waals surface area contributed by atoms with Crippen molar-refractivity contribution in [3.63, 3.8) is 0 Å². The fourth-order valence-corrected chi connectivity index (χ4v) is 3.42. The Kier molecular flexibility index (Phi) is 2.93. The minimum absolute atomic E-state index is 0.703. The first-order chi connectivity index (χ1) is 10.3. The van der Waals surface area contributed by atoms with Gasteiger partial charge < -0.3 is 9.72 Å². The molecular formula is C18H16ClNO. The first kappa shape index (κ1) is 12.8. The molecule has 0 aliphatic heterocycles. The van der Waals surface area contributed by atoms with Gasteiger partial charge in [-0.25, -0.2) is 0 Å². The summed E-state index contributed by atoms with van der Waals surface area (Å²) >= 11 is 6.14. The van der Waals surface area contributed by atoms with E-state index in [1.165, 1.54) is 27.8 Å². The number of aromatic nitrogens is 1. The third-order valence-electron chi connectivity index (χ3n) is 4.17. The van der Waals surface area contributed by atoms with Gasteiger partial charge in [0.25, 0.3) is 0 Å². The summed E-state index contributed by atoms with van der Waals surface area (Å²) in [7, 11) is 0. The highest BCUT2D eigenvalue weighted by Crippen LogP contribution is 2.39. The standard InChI is InChI=1S/C18H16ClNO/c1-2-21-13-5-7-14-11(9-13)3-6-15-16-10-12(19)4-8-17(16)20-18(14)15/h4-5,7-10,20H,2-3,6H2,1H3. The van der Waals surface area contributed by atoms with Crippen LogP contribution in [-0.4, -0.2) is 11.6 Å². The molecule has 1 aromatic heterocycles. The maximum absolute atomic E-state index is 6.14. The largest absolute Gasteiger partial charge is 0.494 e. The van der Waals surface area contributed by atoms with Gasteiger partial charge in [0.1, 0.15) is 5.75 Å². The first-order valence-corrected chi connectivity index (χ1v) is 7.70. The van der Waals surface area contributed by atoms with Gasteiger partial charge in [-0.05, 0) is 67.3 Å². The molecule has 0 unspecified atom stereocenters. The molecule has 2 aromatic carbocycles. The summed E-state index contributed by atoms with van der Waals surface area (Å²) in [6, 6.07) is 12.4. The smallest absolute Gasteiger partial charge is 0.119 e. The van der Waals surface area contributed by atoms with Crippen molar-refractivity contribution in [2.75, 3.05) is 6.61 Å². The van der Waals surface area contributed by atoms with Gasteiger partial charge in [-0.3, -0.25) is 0 Å². The zero-order valence-corrected chi connectivity index (χ0v) is 12.6. The van der Waals surface area contributed by atoms with Crippen LogP contribution in [0.15, 0.2) is 36.4 Å². The summed E-state index contributed by atoms with van der Waals surface area (Å²) in [5.41, 5.74) is 6.41. The van der Waals surface area contributed by atoms with Crippen molar-refractivity contribution in [1.82, 2.24) is 4.98 Å². The van der Waals surface area contributed by atoms with Gasteiger partial charge in [-0.2, -0.15) is 0 Å². The van der Waals surface area contributed by atoms with Gasteiger partial charge >= 0.3 is 0 Å². The molecule has 0 saturated heterocycles. The third kappa shape index (κ3) is 2.02. The van der Waals surface area contributed by atoms with Crippen molar-refractivity contribution < 1.29 is 4.74 Å². The van der Waals surface area contributed by atoms with E-state index < -0.39 is 0 Å². The van der Waals surface area contributed by atoms with E-state index in [1.807, 2.05) is 13.0 Å². The average Bonchev–Trinajstić information content (AvgIpc) is 2.85. The Morgan fingerprint density at radius 2 is 2.05 bits per heavy atom. The Balaban J connectivity index is 1.90. The molecule has 4 rings (SSSR count). The van der Waals surface area contributed by atoms with Gasteiger partial charge in [0.2, 0.25) is 0 Å². The van der Waals surface area contributed by atoms with E-state index in [2.05, 4.69) is 35.3 Å². The Bertz CT molecular complexity index is 835. The molecule has 0 atom stereocenters. The molecule has 1 N–H and O–H groups in total. The Morgan fingerprint density at radius 1 is 1.14 bits per heavy atom. The fraction of sp³-hybridized carbons (Fsp3) is 0.222. The molecule has 3 heteroatoms. The van der Waals surface area contributed by atoms with Crippen LogP contribution >= 0.6 is 11.6 Å². The molecule has 21 heavy (non-hydrogen) atoms. The summed E-state index contributed by atoms with van der Waals surface area (Å²) < 4.78 is 5.61. The van der Waals surface area contributed by atoms with Crippen LogP contribution in [0.5, 0.6) is 5.75 Å². The number of benzene rings is 2. The SMILES string of the molecule is CCOc1ccc2c(c1)CCc1c-2[nH]c2ccc(Cl)cc12. The number of halogens is 1. The minimum Gasteiger partial charge on any atom is -0.494 e. The predicted octanol–water partition coefficient (Wildman–Crippen LogP) is 4.99. The normalized spacial score (nSPS) is 13.0. The third-order valence-corrected chi connectivity index (χ3v) is 4.40. The van der Waals surface area contributed by atoms with Crippen LogP contribution in [0.25, 0.3) is 22.2 Å². The number of rotatable bonds is 2. The van der Waals surface area contributed by atoms with E-state index in [0.717, 1.165) is 29.1 Å². The number of hydrogen-bond acceptors (Lipinski definition) is 1. The second-order valence-electron chi connectivity index (χ2n) is 5.42. The monoisotopic (exact) mass is 297 g/mol. The van der Waals surface area contributed by atoms with E-state index >= 15 is 0 Å². The molecule has 0 saturated carbocycles. The van der Waals surface area contributed by atoms with Crippen LogP contribution in [0.1, 0.15) is 18.1 Å². The number of ether oxygens (including phenoxy) is 1. The number of aromatic amines is 1. The van der Waals surface area contributed by atoms with Crippen LogP contribution in [0.3, 0.4) is 0 Å². The molecule has 1 aliphatic carbocycles. The summed E-state index contributed by atoms with van der Waals surface area (Å²) in [6.07, 6.45) is 2.08. The Morgan fingerprint density at radius 3 is 2.90 bits per heavy atom. The first-order valence-electron chi connectivity index (χ1n) is 7.32. The maximum atomic E-state index is 6.14. The molecule has 1 heterocycles. The number of hydrogen-bond donors (Lipinski definition) is 1. The number of aryl methyl sites for hydroxylation is 2. The molecule has 2 nitrogen and oxygen atoms in total. The molecular weight excluding hydrogens is 282 g/mol. The van der Waals surface area contributed by atoms with Gasteiger partial charge in [-0.15, -0.1) is 0 Å². The number of fused-ring (bicyclic) bond motifs is 5. The lowest BCUT2D eigenvalue weighted by atomic mass is 9.89. The lowest BCUT2D eigenvalue weighted by Gasteiger charge is -2.17. The van der Waals surface area contributed by atoms with E-state index in [0.29, 0.717) is 6.61 Å². The van der Waals surface area contributed by atoms with Gasteiger partial charge in [0.15, 0.2) is 0 Å². The lowest BCUT2D eigenvalue weighted by molar-refractivity contribution is 0.340. The van der Waals surface area contributed by atoms with Crippen molar-refractivity contribution in [3.8, 4) is 17.0 Å². The highest BCUT2D eigenvalue weighted by molar-refractivity contribution is 6.31. The lowest BCUT2D eigenvalue weighted by Crippen LogP contribution is -2.03. The van der Waals surface area contributed by atoms with Gasteiger partial charge in [0.05, 0.1) is 6.61 Å². The van der Waals surface area contributed by atoms with Crippen LogP contribution < -0.4 is 4.74 Å². The molecule has 106 valence electrons. The van der Waals surface area contributed by atoms with Crippen LogP contribution in [0.4, 0.5) is 0 Å². The van der Waals surface area contributed by atoms with Crippen LogP contribution in [0, 0.1) is 0 Å². The maximum Gasteiger partial charge on any atom is 0.119 e. The summed E-state index contributed by atoms with van der Waals surface area (Å²) in [5, 5.41) is 2.04. The molecule has 3 aromatic rings. The molecule has 0 radical (unpaired) electrons. The van der Waals surface area contributed by atoms with E-state index in [-0.39, 0.29) is 0 Å². The Hall–Kier alpha value is -1.93. The van der Waals surface area contributed by atoms with Crippen LogP contribution in [-0.2, 0) is 12.8 Å². The van der Waals surface area contributed by atoms with Crippen molar-refractivity contribution >= 4 is 22.5 Å². The molecule has 0 spiro atoms. The highest BCUT2D eigenvalue weighted by atomic mass is 35.5. The van der Waals surface area contributed by atoms with E-state index in [9.17, 15) is 0 Å². The van der Waals surface area contributed by atoms with Crippen molar-refractivity contribution in [3.05, 3.63) is 52.5 Å². The highest BCUT2D eigenvalue weighted by Gasteiger charge is 2.21. The van der Waals surface area contributed by atoms with Crippen molar-refractivity contribution in [2.24, 2.45) is 0 Å². The average molecular weight is 298 g/mol. The van der Waals surface area contributed by atoms with Crippen LogP contribution in [0.2, 0.25) is 5.02 Å². The van der Waals surface area contributed by atoms with Gasteiger partial charge in [0, 0.05) is 27.2 Å². The minimum atomic E-state index is 0.703. The summed E-state index contributed by atoms with van der Waals surface area (Å²) in [4.78, 5) is 3.55. The molecule has 0 amide bonds. The number of H-pyrrole nitrogens is 1. The van der Waals surface area contributed by atoms with E-state index in [4.69, 9.17) is 16.3 Å². The predicted molar refractivity (Wildman–Crippen MR) is 87.3 cm³/mol. The van der Waals surface area contributed by atoms with Gasteiger partial charge in [-0.1, -0.05) is 11.6 Å². The second kappa shape index (κ2) is 4.81. The van der Waals surface area contributed by atoms with Crippen molar-refractivity contribution in [1.29, 1.82) is 0 Å². The molecule has 1 aliphatic rings. The summed E-state index contributed by atoms with van der Waals surface area (Å²) in [6.45, 7) is 2.72. The Labute approximate surface area is 128 Å².